The first-order valence-electron chi connectivity index (χ1n) is 9.05. The molecule has 7 heteroatoms. The Bertz CT molecular complexity index is 1050. The molecule has 1 spiro atoms. The number of cyclic esters (lactones) is 1. The van der Waals surface area contributed by atoms with E-state index in [0.717, 1.165) is 16.5 Å². The number of benzene rings is 1. The Hall–Kier alpha value is -2.54. The van der Waals surface area contributed by atoms with Gasteiger partial charge in [0.15, 0.2) is 5.60 Å². The van der Waals surface area contributed by atoms with E-state index in [1.54, 1.807) is 20.3 Å². The highest BCUT2D eigenvalue weighted by atomic mass is 16.6. The summed E-state index contributed by atoms with van der Waals surface area (Å²) in [6, 6.07) is 3.78. The molecule has 6 rings (SSSR count). The van der Waals surface area contributed by atoms with Gasteiger partial charge in [-0.2, -0.15) is 0 Å². The average Bonchev–Trinajstić information content (AvgIpc) is 3.27. The predicted molar refractivity (Wildman–Crippen MR) is 90.2 cm³/mol. The third kappa shape index (κ3) is 1.38. The monoisotopic (exact) mass is 370 g/mol. The van der Waals surface area contributed by atoms with Gasteiger partial charge in [-0.3, -0.25) is 4.79 Å². The minimum absolute atomic E-state index is 0.101. The number of hydrogen-bond donors (Lipinski definition) is 1. The van der Waals surface area contributed by atoms with Crippen molar-refractivity contribution < 1.29 is 33.3 Å². The number of aliphatic hydroxyl groups is 1. The van der Waals surface area contributed by atoms with E-state index >= 15 is 0 Å². The molecular weight excluding hydrogens is 352 g/mol. The molecule has 2 aromatic rings. The van der Waals surface area contributed by atoms with Crippen molar-refractivity contribution in [3.8, 4) is 5.75 Å². The van der Waals surface area contributed by atoms with Gasteiger partial charge >= 0.3 is 11.9 Å². The van der Waals surface area contributed by atoms with Gasteiger partial charge in [0.25, 0.3) is 0 Å². The first-order chi connectivity index (χ1) is 12.9. The van der Waals surface area contributed by atoms with Crippen molar-refractivity contribution in [3.63, 3.8) is 0 Å². The third-order valence-corrected chi connectivity index (χ3v) is 7.47. The molecule has 0 unspecified atom stereocenters. The number of esters is 2. The zero-order valence-corrected chi connectivity index (χ0v) is 14.9. The molecule has 1 aromatic heterocycles. The van der Waals surface area contributed by atoms with Crippen LogP contribution in [0.4, 0.5) is 0 Å². The normalized spacial score (nSPS) is 41.1. The van der Waals surface area contributed by atoms with Crippen LogP contribution < -0.4 is 4.74 Å². The van der Waals surface area contributed by atoms with Gasteiger partial charge in [-0.25, -0.2) is 4.79 Å². The molecule has 3 heterocycles. The second kappa shape index (κ2) is 4.30. The van der Waals surface area contributed by atoms with Crippen LogP contribution in [0.15, 0.2) is 22.8 Å². The Morgan fingerprint density at radius 2 is 2.11 bits per heavy atom. The summed E-state index contributed by atoms with van der Waals surface area (Å²) in [6.07, 6.45) is 1.78. The van der Waals surface area contributed by atoms with Crippen LogP contribution in [-0.4, -0.2) is 42.5 Å². The first kappa shape index (κ1) is 15.5. The lowest BCUT2D eigenvalue weighted by molar-refractivity contribution is -0.190. The van der Waals surface area contributed by atoms with E-state index in [0.29, 0.717) is 17.8 Å². The average molecular weight is 370 g/mol. The summed E-state index contributed by atoms with van der Waals surface area (Å²) in [5.41, 5.74) is -1.40. The summed E-state index contributed by atoms with van der Waals surface area (Å²) in [4.78, 5) is 25.4. The molecule has 1 N–H and O–H groups in total. The highest BCUT2D eigenvalue weighted by Gasteiger charge is 2.82. The molecule has 2 saturated heterocycles. The number of furan rings is 1. The van der Waals surface area contributed by atoms with E-state index < -0.39 is 34.5 Å². The summed E-state index contributed by atoms with van der Waals surface area (Å²) in [5, 5.41) is 12.2. The van der Waals surface area contributed by atoms with Crippen LogP contribution in [-0.2, 0) is 30.9 Å². The maximum Gasteiger partial charge on any atom is 0.339 e. The van der Waals surface area contributed by atoms with E-state index in [2.05, 4.69) is 0 Å². The lowest BCUT2D eigenvalue weighted by Crippen LogP contribution is -2.55. The molecule has 3 fully saturated rings. The Labute approximate surface area is 154 Å². The molecule has 1 saturated carbocycles. The minimum Gasteiger partial charge on any atom is -0.496 e. The molecule has 4 aliphatic rings. The summed E-state index contributed by atoms with van der Waals surface area (Å²) in [5.74, 6) is -0.963. The lowest BCUT2D eigenvalue weighted by Gasteiger charge is -2.44. The van der Waals surface area contributed by atoms with Gasteiger partial charge < -0.3 is 23.7 Å². The Morgan fingerprint density at radius 1 is 1.30 bits per heavy atom. The van der Waals surface area contributed by atoms with Crippen molar-refractivity contribution in [2.75, 3.05) is 13.7 Å². The van der Waals surface area contributed by atoms with E-state index in [4.69, 9.17) is 18.6 Å². The van der Waals surface area contributed by atoms with Crippen LogP contribution in [0.5, 0.6) is 5.75 Å². The minimum atomic E-state index is -1.89. The summed E-state index contributed by atoms with van der Waals surface area (Å²) >= 11 is 0. The van der Waals surface area contributed by atoms with E-state index in [9.17, 15) is 14.7 Å². The second-order valence-corrected chi connectivity index (χ2v) is 8.37. The van der Waals surface area contributed by atoms with E-state index in [1.807, 2.05) is 12.1 Å². The number of hydrogen-bond acceptors (Lipinski definition) is 7. The molecule has 7 nitrogen and oxygen atoms in total. The number of fused-ring (bicyclic) bond motifs is 5. The number of carbonyl (C=O) groups excluding carboxylic acids is 2. The smallest absolute Gasteiger partial charge is 0.339 e. The standard InChI is InChI=1S/C20H18O7/c1-18-15-13(27-16(18)21)5-10-11(6-12(24-2)9-3-4-25-14(9)10)19(15)7-20(18,23)17(22)26-8-19/h3-4,6,13,15,23H,5,7-8H2,1-2H3/t13-,15+,18+,19+,20+/m1/s1. The summed E-state index contributed by atoms with van der Waals surface area (Å²) in [6.45, 7) is 1.74. The Morgan fingerprint density at radius 3 is 2.89 bits per heavy atom. The van der Waals surface area contributed by atoms with Crippen molar-refractivity contribution in [2.24, 2.45) is 11.3 Å². The van der Waals surface area contributed by atoms with Crippen molar-refractivity contribution >= 4 is 22.9 Å². The van der Waals surface area contributed by atoms with Gasteiger partial charge in [0.2, 0.25) is 0 Å². The number of carbonyl (C=O) groups is 2. The molecule has 2 aliphatic heterocycles. The van der Waals surface area contributed by atoms with Crippen molar-refractivity contribution in [1.82, 2.24) is 0 Å². The van der Waals surface area contributed by atoms with E-state index in [-0.39, 0.29) is 18.9 Å². The topological polar surface area (TPSA) is 95.2 Å². The molecular formula is C20H18O7. The first-order valence-corrected chi connectivity index (χ1v) is 9.05. The molecule has 1 aromatic carbocycles. The van der Waals surface area contributed by atoms with Crippen LogP contribution in [0.25, 0.3) is 11.0 Å². The number of rotatable bonds is 1. The van der Waals surface area contributed by atoms with Crippen molar-refractivity contribution in [1.29, 1.82) is 0 Å². The fraction of sp³-hybridized carbons (Fsp3) is 0.500. The van der Waals surface area contributed by atoms with Crippen molar-refractivity contribution in [3.05, 3.63) is 29.5 Å². The largest absolute Gasteiger partial charge is 0.496 e. The summed E-state index contributed by atoms with van der Waals surface area (Å²) in [7, 11) is 1.59. The zero-order valence-electron chi connectivity index (χ0n) is 14.9. The van der Waals surface area contributed by atoms with E-state index in [1.165, 1.54) is 0 Å². The molecule has 0 radical (unpaired) electrons. The molecule has 2 bridgehead atoms. The summed E-state index contributed by atoms with van der Waals surface area (Å²) < 4.78 is 22.5. The fourth-order valence-corrected chi connectivity index (χ4v) is 6.32. The molecule has 27 heavy (non-hydrogen) atoms. The Balaban J connectivity index is 1.71. The molecule has 5 atom stereocenters. The van der Waals surface area contributed by atoms with Crippen LogP contribution in [0, 0.1) is 11.3 Å². The van der Waals surface area contributed by atoms with Gasteiger partial charge in [-0.1, -0.05) is 0 Å². The Kier molecular flexibility index (Phi) is 2.47. The number of ether oxygens (including phenoxy) is 3. The zero-order chi connectivity index (χ0) is 18.8. The fourth-order valence-electron chi connectivity index (χ4n) is 6.32. The molecule has 2 aliphatic carbocycles. The van der Waals surface area contributed by atoms with Crippen LogP contribution in [0.3, 0.4) is 0 Å². The third-order valence-electron chi connectivity index (χ3n) is 7.47. The molecule has 140 valence electrons. The van der Waals surface area contributed by atoms with Crippen LogP contribution in [0.2, 0.25) is 0 Å². The van der Waals surface area contributed by atoms with Gasteiger partial charge in [-0.15, -0.1) is 0 Å². The van der Waals surface area contributed by atoms with Crippen LogP contribution in [0.1, 0.15) is 24.5 Å². The number of methoxy groups -OCH3 is 1. The van der Waals surface area contributed by atoms with Gasteiger partial charge in [0, 0.05) is 29.7 Å². The quantitative estimate of drug-likeness (QED) is 0.760. The lowest BCUT2D eigenvalue weighted by atomic mass is 9.60. The van der Waals surface area contributed by atoms with Gasteiger partial charge in [-0.05, 0) is 24.6 Å². The maximum atomic E-state index is 12.9. The second-order valence-electron chi connectivity index (χ2n) is 8.37. The highest BCUT2D eigenvalue weighted by Crippen LogP contribution is 2.70. The highest BCUT2D eigenvalue weighted by molar-refractivity contribution is 5.96. The maximum absolute atomic E-state index is 12.9. The SMILES string of the molecule is COc1cc2c(c3occc13)C[C@H]1OC(=O)[C@]3(C)[C@H]1[C@@]21COC(=O)[C@@]3(O)C1. The van der Waals surface area contributed by atoms with Crippen LogP contribution >= 0.6 is 0 Å². The molecule has 0 amide bonds. The predicted octanol–water partition coefficient (Wildman–Crippen LogP) is 1.47. The van der Waals surface area contributed by atoms with Crippen molar-refractivity contribution in [2.45, 2.75) is 36.9 Å². The van der Waals surface area contributed by atoms with Gasteiger partial charge in [0.05, 0.1) is 18.8 Å². The van der Waals surface area contributed by atoms with Gasteiger partial charge in [0.1, 0.15) is 29.5 Å².